The van der Waals surface area contributed by atoms with Crippen LogP contribution in [0.5, 0.6) is 0 Å². The molecule has 0 spiro atoms. The molecule has 1 aliphatic rings. The van der Waals surface area contributed by atoms with Crippen molar-refractivity contribution >= 4 is 0 Å². The van der Waals surface area contributed by atoms with Gasteiger partial charge in [-0.05, 0) is 32.9 Å². The second kappa shape index (κ2) is 5.51. The Balaban J connectivity index is 2.29. The standard InChI is InChI=1S/C9H20N2O/c1-10-8(5-7-12)9-4-2-3-6-11-9/h8-12H,2-7H2,1H3/t8-,9+/m0/s1. The van der Waals surface area contributed by atoms with Crippen molar-refractivity contribution in [3.05, 3.63) is 0 Å². The maximum absolute atomic E-state index is 8.83. The highest BCUT2D eigenvalue weighted by Gasteiger charge is 2.20. The van der Waals surface area contributed by atoms with E-state index in [1.165, 1.54) is 19.3 Å². The van der Waals surface area contributed by atoms with Gasteiger partial charge in [-0.1, -0.05) is 6.42 Å². The summed E-state index contributed by atoms with van der Waals surface area (Å²) < 4.78 is 0. The van der Waals surface area contributed by atoms with E-state index in [1.54, 1.807) is 0 Å². The van der Waals surface area contributed by atoms with Gasteiger partial charge in [0.25, 0.3) is 0 Å². The Bertz CT molecular complexity index is 110. The van der Waals surface area contributed by atoms with Crippen LogP contribution in [-0.2, 0) is 0 Å². The molecule has 0 unspecified atom stereocenters. The molecule has 1 aliphatic heterocycles. The van der Waals surface area contributed by atoms with E-state index in [1.807, 2.05) is 7.05 Å². The lowest BCUT2D eigenvalue weighted by atomic mass is 9.96. The van der Waals surface area contributed by atoms with Crippen LogP contribution in [0.25, 0.3) is 0 Å². The monoisotopic (exact) mass is 172 g/mol. The maximum Gasteiger partial charge on any atom is 0.0446 e. The number of hydrogen-bond acceptors (Lipinski definition) is 3. The van der Waals surface area contributed by atoms with Gasteiger partial charge in [0.2, 0.25) is 0 Å². The SMILES string of the molecule is CN[C@@H](CCO)[C@H]1CCCCN1. The molecule has 2 atom stereocenters. The molecule has 72 valence electrons. The third kappa shape index (κ3) is 2.73. The fraction of sp³-hybridized carbons (Fsp3) is 1.00. The molecule has 1 heterocycles. The van der Waals surface area contributed by atoms with Crippen LogP contribution in [0.15, 0.2) is 0 Å². The number of hydrogen-bond donors (Lipinski definition) is 3. The molecule has 0 bridgehead atoms. The largest absolute Gasteiger partial charge is 0.396 e. The van der Waals surface area contributed by atoms with Crippen LogP contribution in [-0.4, -0.2) is 37.4 Å². The molecule has 0 saturated carbocycles. The molecule has 3 heteroatoms. The molecule has 0 aliphatic carbocycles. The van der Waals surface area contributed by atoms with Gasteiger partial charge in [0, 0.05) is 18.7 Å². The predicted octanol–water partition coefficient (Wildman–Crippen LogP) is 0.0989. The van der Waals surface area contributed by atoms with E-state index in [-0.39, 0.29) is 6.61 Å². The van der Waals surface area contributed by atoms with Crippen molar-refractivity contribution in [2.75, 3.05) is 20.2 Å². The number of nitrogens with one attached hydrogen (secondary N) is 2. The van der Waals surface area contributed by atoms with E-state index in [2.05, 4.69) is 10.6 Å². The fourth-order valence-corrected chi connectivity index (χ4v) is 1.91. The highest BCUT2D eigenvalue weighted by Crippen LogP contribution is 2.11. The number of aliphatic hydroxyl groups is 1. The Morgan fingerprint density at radius 3 is 2.92 bits per heavy atom. The molecule has 3 N–H and O–H groups in total. The Kier molecular flexibility index (Phi) is 4.58. The molecule has 3 nitrogen and oxygen atoms in total. The highest BCUT2D eigenvalue weighted by molar-refractivity contribution is 4.83. The lowest BCUT2D eigenvalue weighted by Gasteiger charge is -2.30. The summed E-state index contributed by atoms with van der Waals surface area (Å²) in [6.07, 6.45) is 4.72. The fourth-order valence-electron chi connectivity index (χ4n) is 1.91. The minimum absolute atomic E-state index is 0.281. The predicted molar refractivity (Wildman–Crippen MR) is 50.2 cm³/mol. The topological polar surface area (TPSA) is 44.3 Å². The summed E-state index contributed by atoms with van der Waals surface area (Å²) in [6, 6.07) is 1.01. The maximum atomic E-state index is 8.83. The second-order valence-corrected chi connectivity index (χ2v) is 3.46. The summed E-state index contributed by atoms with van der Waals surface area (Å²) >= 11 is 0. The van der Waals surface area contributed by atoms with Crippen molar-refractivity contribution in [1.29, 1.82) is 0 Å². The lowest BCUT2D eigenvalue weighted by molar-refractivity contribution is 0.234. The number of likely N-dealkylation sites (N-methyl/N-ethyl adjacent to an activating group) is 1. The first-order valence-electron chi connectivity index (χ1n) is 4.90. The van der Waals surface area contributed by atoms with Gasteiger partial charge in [0.05, 0.1) is 0 Å². The first-order valence-corrected chi connectivity index (χ1v) is 4.90. The Morgan fingerprint density at radius 2 is 2.42 bits per heavy atom. The van der Waals surface area contributed by atoms with Gasteiger partial charge in [0.15, 0.2) is 0 Å². The van der Waals surface area contributed by atoms with Gasteiger partial charge in [0.1, 0.15) is 0 Å². The third-order valence-corrected chi connectivity index (χ3v) is 2.65. The van der Waals surface area contributed by atoms with E-state index in [4.69, 9.17) is 5.11 Å². The number of rotatable bonds is 4. The zero-order chi connectivity index (χ0) is 8.81. The Morgan fingerprint density at radius 1 is 1.58 bits per heavy atom. The summed E-state index contributed by atoms with van der Waals surface area (Å²) in [5.41, 5.74) is 0. The molecule has 0 radical (unpaired) electrons. The molecule has 0 aromatic rings. The zero-order valence-corrected chi connectivity index (χ0v) is 7.84. The van der Waals surface area contributed by atoms with Crippen LogP contribution in [0, 0.1) is 0 Å². The summed E-state index contributed by atoms with van der Waals surface area (Å²) in [7, 11) is 1.97. The average molecular weight is 172 g/mol. The van der Waals surface area contributed by atoms with Crippen LogP contribution in [0.2, 0.25) is 0 Å². The van der Waals surface area contributed by atoms with Gasteiger partial charge >= 0.3 is 0 Å². The van der Waals surface area contributed by atoms with E-state index in [9.17, 15) is 0 Å². The molecule has 12 heavy (non-hydrogen) atoms. The van der Waals surface area contributed by atoms with Crippen LogP contribution in [0.4, 0.5) is 0 Å². The Hall–Kier alpha value is -0.120. The van der Waals surface area contributed by atoms with Gasteiger partial charge in [-0.25, -0.2) is 0 Å². The molecule has 0 amide bonds. The zero-order valence-electron chi connectivity index (χ0n) is 7.84. The minimum Gasteiger partial charge on any atom is -0.396 e. The quantitative estimate of drug-likeness (QED) is 0.563. The summed E-state index contributed by atoms with van der Waals surface area (Å²) in [4.78, 5) is 0. The van der Waals surface area contributed by atoms with Gasteiger partial charge in [-0.3, -0.25) is 0 Å². The van der Waals surface area contributed by atoms with Crippen LogP contribution >= 0.6 is 0 Å². The third-order valence-electron chi connectivity index (χ3n) is 2.65. The lowest BCUT2D eigenvalue weighted by Crippen LogP contribution is -2.49. The molecule has 1 saturated heterocycles. The van der Waals surface area contributed by atoms with Gasteiger partial charge in [-0.15, -0.1) is 0 Å². The van der Waals surface area contributed by atoms with Crippen LogP contribution in [0.3, 0.4) is 0 Å². The first kappa shape index (κ1) is 9.96. The van der Waals surface area contributed by atoms with Crippen LogP contribution < -0.4 is 10.6 Å². The van der Waals surface area contributed by atoms with E-state index >= 15 is 0 Å². The number of aliphatic hydroxyl groups excluding tert-OH is 1. The highest BCUT2D eigenvalue weighted by atomic mass is 16.3. The molecule has 1 fully saturated rings. The summed E-state index contributed by atoms with van der Waals surface area (Å²) in [6.45, 7) is 1.41. The van der Waals surface area contributed by atoms with E-state index in [0.29, 0.717) is 12.1 Å². The van der Waals surface area contributed by atoms with Crippen molar-refractivity contribution in [1.82, 2.24) is 10.6 Å². The van der Waals surface area contributed by atoms with Crippen molar-refractivity contribution in [2.24, 2.45) is 0 Å². The van der Waals surface area contributed by atoms with Crippen molar-refractivity contribution in [3.8, 4) is 0 Å². The van der Waals surface area contributed by atoms with Gasteiger partial charge in [-0.2, -0.15) is 0 Å². The van der Waals surface area contributed by atoms with Crippen molar-refractivity contribution < 1.29 is 5.11 Å². The van der Waals surface area contributed by atoms with E-state index < -0.39 is 0 Å². The molecular weight excluding hydrogens is 152 g/mol. The summed E-state index contributed by atoms with van der Waals surface area (Å²) in [5, 5.41) is 15.6. The molecule has 0 aromatic heterocycles. The van der Waals surface area contributed by atoms with Crippen LogP contribution in [0.1, 0.15) is 25.7 Å². The Labute approximate surface area is 74.5 Å². The minimum atomic E-state index is 0.281. The number of piperidine rings is 1. The smallest absolute Gasteiger partial charge is 0.0446 e. The van der Waals surface area contributed by atoms with Crippen molar-refractivity contribution in [2.45, 2.75) is 37.8 Å². The van der Waals surface area contributed by atoms with Gasteiger partial charge < -0.3 is 15.7 Å². The average Bonchev–Trinajstić information content (AvgIpc) is 2.15. The molecule has 1 rings (SSSR count). The van der Waals surface area contributed by atoms with E-state index in [0.717, 1.165) is 13.0 Å². The van der Waals surface area contributed by atoms with Crippen molar-refractivity contribution in [3.63, 3.8) is 0 Å². The second-order valence-electron chi connectivity index (χ2n) is 3.46. The summed E-state index contributed by atoms with van der Waals surface area (Å²) in [5.74, 6) is 0. The first-order chi connectivity index (χ1) is 5.88. The normalized spacial score (nSPS) is 27.0. The molecule has 0 aromatic carbocycles. The molecular formula is C9H20N2O.